The van der Waals surface area contributed by atoms with Crippen molar-refractivity contribution in [3.05, 3.63) is 12.2 Å². The van der Waals surface area contributed by atoms with Crippen LogP contribution in [0, 0.1) is 56.7 Å². The van der Waals surface area contributed by atoms with Crippen LogP contribution in [0.15, 0.2) is 12.2 Å². The summed E-state index contributed by atoms with van der Waals surface area (Å²) in [5.41, 5.74) is 1.57. The van der Waals surface area contributed by atoms with Gasteiger partial charge in [0.2, 0.25) is 0 Å². The summed E-state index contributed by atoms with van der Waals surface area (Å²) in [4.78, 5) is 0. The number of rotatable bonds is 1. The zero-order valence-corrected chi connectivity index (χ0v) is 22.3. The second-order valence-corrected chi connectivity index (χ2v) is 14.9. The predicted molar refractivity (Wildman–Crippen MR) is 133 cm³/mol. The first kappa shape index (κ1) is 24.3. The van der Waals surface area contributed by atoms with E-state index in [1.807, 2.05) is 0 Å². The van der Waals surface area contributed by atoms with E-state index in [9.17, 15) is 15.3 Å². The van der Waals surface area contributed by atoms with Gasteiger partial charge in [-0.15, -0.1) is 0 Å². The van der Waals surface area contributed by atoms with Crippen molar-refractivity contribution in [2.75, 3.05) is 0 Å². The highest BCUT2D eigenvalue weighted by atomic mass is 16.3. The average Bonchev–Trinajstić information content (AvgIpc) is 2.98. The van der Waals surface area contributed by atoms with Crippen molar-refractivity contribution < 1.29 is 15.3 Å². The lowest BCUT2D eigenvalue weighted by Crippen LogP contribution is -2.68. The molecule has 3 nitrogen and oxygen atoms in total. The van der Waals surface area contributed by atoms with E-state index in [-0.39, 0.29) is 33.2 Å². The summed E-state index contributed by atoms with van der Waals surface area (Å²) in [7, 11) is 0. The Hall–Kier alpha value is -0.380. The lowest BCUT2D eigenvalue weighted by molar-refractivity contribution is -0.264. The molecule has 0 heterocycles. The van der Waals surface area contributed by atoms with Gasteiger partial charge in [0.25, 0.3) is 0 Å². The fourth-order valence-corrected chi connectivity index (χ4v) is 11.6. The van der Waals surface area contributed by atoms with Crippen LogP contribution in [0.5, 0.6) is 0 Å². The first-order chi connectivity index (χ1) is 15.1. The Morgan fingerprint density at radius 2 is 1.45 bits per heavy atom. The Morgan fingerprint density at radius 3 is 2.09 bits per heavy atom. The van der Waals surface area contributed by atoms with Crippen LogP contribution in [-0.4, -0.2) is 33.6 Å². The minimum atomic E-state index is -0.626. The number of hydrogen-bond donors (Lipinski definition) is 3. The molecule has 5 aliphatic carbocycles. The molecule has 5 saturated carbocycles. The van der Waals surface area contributed by atoms with Gasteiger partial charge in [-0.05, 0) is 115 Å². The molecule has 3 N–H and O–H groups in total. The van der Waals surface area contributed by atoms with Crippen molar-refractivity contribution in [3.8, 4) is 0 Å². The second-order valence-electron chi connectivity index (χ2n) is 14.9. The van der Waals surface area contributed by atoms with Gasteiger partial charge < -0.3 is 15.3 Å². The van der Waals surface area contributed by atoms with Crippen LogP contribution in [0.4, 0.5) is 0 Å². The highest BCUT2D eigenvalue weighted by Crippen LogP contribution is 2.77. The van der Waals surface area contributed by atoms with E-state index in [1.165, 1.54) is 31.3 Å². The molecule has 33 heavy (non-hydrogen) atoms. The van der Waals surface area contributed by atoms with Crippen LogP contribution in [0.1, 0.15) is 99.8 Å². The molecular formula is C30H50O3. The molecule has 0 bridgehead atoms. The second kappa shape index (κ2) is 7.10. The summed E-state index contributed by atoms with van der Waals surface area (Å²) in [6.45, 7) is 21.0. The highest BCUT2D eigenvalue weighted by Gasteiger charge is 2.71. The normalized spacial score (nSPS) is 59.7. The van der Waals surface area contributed by atoms with E-state index in [4.69, 9.17) is 0 Å². The number of aliphatic hydroxyl groups is 3. The average molecular weight is 459 g/mol. The minimum absolute atomic E-state index is 0.0191. The van der Waals surface area contributed by atoms with Gasteiger partial charge in [-0.3, -0.25) is 0 Å². The summed E-state index contributed by atoms with van der Waals surface area (Å²) in [6.07, 6.45) is 7.31. The fourth-order valence-electron chi connectivity index (χ4n) is 11.6. The fraction of sp³-hybridized carbons (Fsp3) is 0.933. The summed E-state index contributed by atoms with van der Waals surface area (Å²) in [5.74, 6) is 2.62. The maximum absolute atomic E-state index is 11.2. The quantitative estimate of drug-likeness (QED) is 0.425. The molecule has 5 rings (SSSR count). The Balaban J connectivity index is 1.56. The van der Waals surface area contributed by atoms with E-state index in [0.29, 0.717) is 29.6 Å². The van der Waals surface area contributed by atoms with Gasteiger partial charge in [0.05, 0.1) is 18.3 Å². The van der Waals surface area contributed by atoms with Gasteiger partial charge in [0.1, 0.15) is 0 Å². The van der Waals surface area contributed by atoms with Gasteiger partial charge in [-0.1, -0.05) is 53.7 Å². The molecular weight excluding hydrogens is 408 g/mol. The Kier molecular flexibility index (Phi) is 5.23. The van der Waals surface area contributed by atoms with E-state index in [2.05, 4.69) is 55.0 Å². The van der Waals surface area contributed by atoms with Gasteiger partial charge in [0, 0.05) is 0 Å². The van der Waals surface area contributed by atoms with Crippen molar-refractivity contribution in [3.63, 3.8) is 0 Å². The van der Waals surface area contributed by atoms with Gasteiger partial charge >= 0.3 is 0 Å². The molecule has 0 aliphatic heterocycles. The van der Waals surface area contributed by atoms with Gasteiger partial charge in [-0.25, -0.2) is 0 Å². The largest absolute Gasteiger partial charge is 0.393 e. The predicted octanol–water partition coefficient (Wildman–Crippen LogP) is 5.97. The van der Waals surface area contributed by atoms with E-state index in [0.717, 1.165) is 25.7 Å². The van der Waals surface area contributed by atoms with Crippen LogP contribution in [0.2, 0.25) is 0 Å². The summed E-state index contributed by atoms with van der Waals surface area (Å²) >= 11 is 0. The maximum atomic E-state index is 11.2. The lowest BCUT2D eigenvalue weighted by Gasteiger charge is -2.73. The Labute approximate surface area is 202 Å². The molecule has 0 aromatic carbocycles. The van der Waals surface area contributed by atoms with Crippen molar-refractivity contribution in [2.24, 2.45) is 56.7 Å². The van der Waals surface area contributed by atoms with Crippen molar-refractivity contribution in [1.29, 1.82) is 0 Å². The van der Waals surface area contributed by atoms with E-state index in [1.54, 1.807) is 0 Å². The number of aliphatic hydroxyl groups excluding tert-OH is 3. The molecule has 0 spiro atoms. The zero-order chi connectivity index (χ0) is 24.4. The number of hydrogen-bond acceptors (Lipinski definition) is 3. The van der Waals surface area contributed by atoms with Gasteiger partial charge in [0.15, 0.2) is 0 Å². The Morgan fingerprint density at radius 1 is 0.788 bits per heavy atom. The monoisotopic (exact) mass is 458 g/mol. The van der Waals surface area contributed by atoms with Gasteiger partial charge in [-0.2, -0.15) is 0 Å². The molecule has 5 fully saturated rings. The molecule has 0 radical (unpaired) electrons. The van der Waals surface area contributed by atoms with Crippen LogP contribution in [0.25, 0.3) is 0 Å². The highest BCUT2D eigenvalue weighted by molar-refractivity contribution is 5.22. The molecule has 0 amide bonds. The topological polar surface area (TPSA) is 60.7 Å². The van der Waals surface area contributed by atoms with Crippen molar-refractivity contribution >= 4 is 0 Å². The first-order valence-corrected chi connectivity index (χ1v) is 13.8. The Bertz CT molecular complexity index is 834. The molecule has 188 valence electrons. The molecule has 12 unspecified atom stereocenters. The summed E-state index contributed by atoms with van der Waals surface area (Å²) in [6, 6.07) is 0. The van der Waals surface area contributed by atoms with Crippen LogP contribution in [0.3, 0.4) is 0 Å². The van der Waals surface area contributed by atoms with Crippen LogP contribution < -0.4 is 0 Å². The third-order valence-corrected chi connectivity index (χ3v) is 13.6. The summed E-state index contributed by atoms with van der Waals surface area (Å²) < 4.78 is 0. The van der Waals surface area contributed by atoms with E-state index >= 15 is 0 Å². The molecule has 12 atom stereocenters. The number of allylic oxidation sites excluding steroid dienone is 1. The van der Waals surface area contributed by atoms with Crippen LogP contribution in [-0.2, 0) is 0 Å². The third-order valence-electron chi connectivity index (χ3n) is 13.6. The smallest absolute Gasteiger partial charge is 0.0852 e. The minimum Gasteiger partial charge on any atom is -0.393 e. The molecule has 3 heteroatoms. The maximum Gasteiger partial charge on any atom is 0.0852 e. The van der Waals surface area contributed by atoms with Crippen LogP contribution >= 0.6 is 0 Å². The third kappa shape index (κ3) is 2.80. The lowest BCUT2D eigenvalue weighted by atomic mass is 9.32. The van der Waals surface area contributed by atoms with E-state index < -0.39 is 12.2 Å². The SMILES string of the molecule is C=C(C)C1CC(O)C2(C)CCC3(C)C(CCC4C5(C)CC(O)C(O)C(C)(C)C5CCC43C)C12. The molecule has 0 aromatic heterocycles. The van der Waals surface area contributed by atoms with Crippen molar-refractivity contribution in [2.45, 2.75) is 118 Å². The molecule has 0 saturated heterocycles. The molecule has 0 aromatic rings. The van der Waals surface area contributed by atoms with Crippen molar-refractivity contribution in [1.82, 2.24) is 0 Å². The standard InChI is InChI=1S/C30H50O3/c1-17(2)18-15-23(32)27(5)13-14-29(7)19(24(18)27)9-10-22-28(6)16-20(31)25(33)26(3,4)21(28)11-12-30(22,29)8/h18-25,31-33H,1,9-16H2,2-8H3. The number of fused-ring (bicyclic) bond motifs is 7. The first-order valence-electron chi connectivity index (χ1n) is 13.8. The molecule has 5 aliphatic rings. The summed E-state index contributed by atoms with van der Waals surface area (Å²) in [5, 5.41) is 33.1. The zero-order valence-electron chi connectivity index (χ0n) is 22.3.